The molecule has 0 amide bonds. The molecule has 108 valence electrons. The van der Waals surface area contributed by atoms with Crippen LogP contribution in [0.15, 0.2) is 22.7 Å². The van der Waals surface area contributed by atoms with E-state index in [1.54, 1.807) is 0 Å². The van der Waals surface area contributed by atoms with E-state index in [0.29, 0.717) is 0 Å². The number of ether oxygens (including phenoxy) is 1. The molecule has 0 aromatic heterocycles. The second-order valence-electron chi connectivity index (χ2n) is 5.99. The molecule has 3 rings (SSSR count). The van der Waals surface area contributed by atoms with E-state index in [2.05, 4.69) is 33.4 Å². The van der Waals surface area contributed by atoms with Crippen LogP contribution >= 0.6 is 15.9 Å². The molecule has 1 aromatic carbocycles. The van der Waals surface area contributed by atoms with Crippen LogP contribution in [0.3, 0.4) is 0 Å². The van der Waals surface area contributed by atoms with Gasteiger partial charge in [-0.05, 0) is 61.4 Å². The van der Waals surface area contributed by atoms with Gasteiger partial charge >= 0.3 is 5.97 Å². The lowest BCUT2D eigenvalue weighted by molar-refractivity contribution is -0.149. The highest BCUT2D eigenvalue weighted by molar-refractivity contribution is 9.10. The molecule has 20 heavy (non-hydrogen) atoms. The number of fused-ring (bicyclic) bond motifs is 1. The maximum absolute atomic E-state index is 12.3. The maximum Gasteiger partial charge on any atom is 0.326 e. The van der Waals surface area contributed by atoms with E-state index in [4.69, 9.17) is 4.74 Å². The molecule has 0 bridgehead atoms. The van der Waals surface area contributed by atoms with Crippen molar-refractivity contribution in [1.29, 1.82) is 0 Å². The van der Waals surface area contributed by atoms with Gasteiger partial charge in [-0.3, -0.25) is 4.79 Å². The molecule has 0 radical (unpaired) electrons. The summed E-state index contributed by atoms with van der Waals surface area (Å²) < 4.78 is 6.18. The Labute approximate surface area is 128 Å². The second-order valence-corrected chi connectivity index (χ2v) is 6.90. The highest BCUT2D eigenvalue weighted by Gasteiger charge is 2.43. The number of carbonyl (C=O) groups excluding carboxylic acids is 1. The molecule has 1 atom stereocenters. The third kappa shape index (κ3) is 2.77. The summed E-state index contributed by atoms with van der Waals surface area (Å²) in [7, 11) is 1.49. The standard InChI is InChI=1S/C16H20BrNO2/c1-20-15(19)16(18-10-11-2-3-11)7-6-12-8-14(17)5-4-13(12)9-16/h4-5,8,11,18H,2-3,6-7,9-10H2,1H3. The number of benzene rings is 1. The molecule has 0 heterocycles. The van der Waals surface area contributed by atoms with E-state index >= 15 is 0 Å². The van der Waals surface area contributed by atoms with Crippen LogP contribution in [0.5, 0.6) is 0 Å². The van der Waals surface area contributed by atoms with Gasteiger partial charge in [-0.1, -0.05) is 22.0 Å². The number of hydrogen-bond donors (Lipinski definition) is 1. The van der Waals surface area contributed by atoms with Crippen LogP contribution in [0.25, 0.3) is 0 Å². The van der Waals surface area contributed by atoms with E-state index in [-0.39, 0.29) is 5.97 Å². The molecule has 0 spiro atoms. The average Bonchev–Trinajstić information content (AvgIpc) is 3.28. The number of rotatable bonds is 4. The van der Waals surface area contributed by atoms with Gasteiger partial charge in [-0.15, -0.1) is 0 Å². The average molecular weight is 338 g/mol. The van der Waals surface area contributed by atoms with Gasteiger partial charge in [0.2, 0.25) is 0 Å². The number of hydrogen-bond acceptors (Lipinski definition) is 3. The third-order valence-corrected chi connectivity index (χ3v) is 4.98. The largest absolute Gasteiger partial charge is 0.468 e. The molecule has 1 fully saturated rings. The van der Waals surface area contributed by atoms with E-state index in [1.165, 1.54) is 31.1 Å². The topological polar surface area (TPSA) is 38.3 Å². The lowest BCUT2D eigenvalue weighted by Gasteiger charge is -2.36. The van der Waals surface area contributed by atoms with Crippen LogP contribution in [-0.2, 0) is 22.4 Å². The number of methoxy groups -OCH3 is 1. The Morgan fingerprint density at radius 2 is 2.25 bits per heavy atom. The molecule has 1 unspecified atom stereocenters. The van der Waals surface area contributed by atoms with Crippen molar-refractivity contribution in [3.05, 3.63) is 33.8 Å². The minimum absolute atomic E-state index is 0.119. The Morgan fingerprint density at radius 1 is 1.45 bits per heavy atom. The third-order valence-electron chi connectivity index (χ3n) is 4.48. The smallest absolute Gasteiger partial charge is 0.326 e. The minimum atomic E-state index is -0.530. The normalized spacial score (nSPS) is 25.1. The number of esters is 1. The molecule has 1 N–H and O–H groups in total. The quantitative estimate of drug-likeness (QED) is 0.858. The molecule has 1 saturated carbocycles. The van der Waals surface area contributed by atoms with Gasteiger partial charge < -0.3 is 10.1 Å². The molecule has 4 heteroatoms. The lowest BCUT2D eigenvalue weighted by Crippen LogP contribution is -2.56. The fourth-order valence-corrected chi connectivity index (χ4v) is 3.42. The van der Waals surface area contributed by atoms with Crippen molar-refractivity contribution < 1.29 is 9.53 Å². The lowest BCUT2D eigenvalue weighted by atomic mass is 9.77. The number of halogens is 1. The van der Waals surface area contributed by atoms with Crippen molar-refractivity contribution >= 4 is 21.9 Å². The highest BCUT2D eigenvalue weighted by atomic mass is 79.9. The van der Waals surface area contributed by atoms with Gasteiger partial charge in [-0.25, -0.2) is 0 Å². The molecule has 1 aromatic rings. The van der Waals surface area contributed by atoms with Gasteiger partial charge in [0.15, 0.2) is 0 Å². The number of aryl methyl sites for hydroxylation is 1. The summed E-state index contributed by atoms with van der Waals surface area (Å²) >= 11 is 3.51. The van der Waals surface area contributed by atoms with E-state index in [9.17, 15) is 4.79 Å². The van der Waals surface area contributed by atoms with Crippen molar-refractivity contribution in [1.82, 2.24) is 5.32 Å². The Balaban J connectivity index is 1.83. The van der Waals surface area contributed by atoms with E-state index < -0.39 is 5.54 Å². The summed E-state index contributed by atoms with van der Waals surface area (Å²) in [5, 5.41) is 3.52. The zero-order valence-electron chi connectivity index (χ0n) is 11.7. The second kappa shape index (κ2) is 5.49. The van der Waals surface area contributed by atoms with Crippen molar-refractivity contribution in [2.75, 3.05) is 13.7 Å². The Kier molecular flexibility index (Phi) is 3.87. The molecular weight excluding hydrogens is 318 g/mol. The Bertz CT molecular complexity index is 527. The fraction of sp³-hybridized carbons (Fsp3) is 0.562. The minimum Gasteiger partial charge on any atom is -0.468 e. The first-order valence-electron chi connectivity index (χ1n) is 7.24. The van der Waals surface area contributed by atoms with Crippen LogP contribution < -0.4 is 5.32 Å². The first-order chi connectivity index (χ1) is 9.63. The fourth-order valence-electron chi connectivity index (χ4n) is 3.02. The van der Waals surface area contributed by atoms with E-state index in [0.717, 1.165) is 36.2 Å². The number of nitrogens with one attached hydrogen (secondary N) is 1. The molecule has 0 saturated heterocycles. The summed E-state index contributed by atoms with van der Waals surface area (Å²) in [6.45, 7) is 0.932. The Hall–Kier alpha value is -0.870. The Morgan fingerprint density at radius 3 is 2.95 bits per heavy atom. The van der Waals surface area contributed by atoms with Gasteiger partial charge in [0, 0.05) is 10.9 Å². The highest BCUT2D eigenvalue weighted by Crippen LogP contribution is 2.34. The molecule has 0 aliphatic heterocycles. The summed E-state index contributed by atoms with van der Waals surface area (Å²) in [5.41, 5.74) is 2.07. The van der Waals surface area contributed by atoms with Crippen molar-refractivity contribution in [3.63, 3.8) is 0 Å². The SMILES string of the molecule is COC(=O)C1(NCC2CC2)CCc2cc(Br)ccc2C1. The van der Waals surface area contributed by atoms with Gasteiger partial charge in [0.25, 0.3) is 0 Å². The molecular formula is C16H20BrNO2. The van der Waals surface area contributed by atoms with Gasteiger partial charge in [-0.2, -0.15) is 0 Å². The van der Waals surface area contributed by atoms with Crippen LogP contribution in [0.4, 0.5) is 0 Å². The van der Waals surface area contributed by atoms with Crippen LogP contribution in [0.2, 0.25) is 0 Å². The van der Waals surface area contributed by atoms with Crippen molar-refractivity contribution in [3.8, 4) is 0 Å². The summed E-state index contributed by atoms with van der Waals surface area (Å²) in [4.78, 5) is 12.3. The maximum atomic E-state index is 12.3. The first kappa shape index (κ1) is 14.1. The monoisotopic (exact) mass is 337 g/mol. The van der Waals surface area contributed by atoms with Crippen molar-refractivity contribution in [2.45, 2.75) is 37.6 Å². The zero-order chi connectivity index (χ0) is 14.2. The summed E-state index contributed by atoms with van der Waals surface area (Å²) in [6.07, 6.45) is 5.04. The number of carbonyl (C=O) groups is 1. The summed E-state index contributed by atoms with van der Waals surface area (Å²) in [5.74, 6) is 0.634. The van der Waals surface area contributed by atoms with Crippen LogP contribution in [0.1, 0.15) is 30.4 Å². The van der Waals surface area contributed by atoms with Crippen LogP contribution in [0, 0.1) is 5.92 Å². The molecule has 2 aliphatic rings. The van der Waals surface area contributed by atoms with Crippen LogP contribution in [-0.4, -0.2) is 25.2 Å². The predicted octanol–water partition coefficient (Wildman–Crippen LogP) is 2.85. The summed E-state index contributed by atoms with van der Waals surface area (Å²) in [6, 6.07) is 6.33. The predicted molar refractivity (Wildman–Crippen MR) is 81.6 cm³/mol. The zero-order valence-corrected chi connectivity index (χ0v) is 13.3. The molecule has 2 aliphatic carbocycles. The van der Waals surface area contributed by atoms with Gasteiger partial charge in [0.1, 0.15) is 5.54 Å². The first-order valence-corrected chi connectivity index (χ1v) is 8.03. The molecule has 3 nitrogen and oxygen atoms in total. The van der Waals surface area contributed by atoms with Gasteiger partial charge in [0.05, 0.1) is 7.11 Å². The van der Waals surface area contributed by atoms with E-state index in [1.807, 2.05) is 6.07 Å². The van der Waals surface area contributed by atoms with Crippen molar-refractivity contribution in [2.24, 2.45) is 5.92 Å².